The van der Waals surface area contributed by atoms with Gasteiger partial charge in [-0.15, -0.1) is 10.2 Å². The van der Waals surface area contributed by atoms with Gasteiger partial charge < -0.3 is 10.0 Å². The fourth-order valence-electron chi connectivity index (χ4n) is 2.35. The number of Topliss-reactive ketones (excluding diaryl/α,β-unsaturated/α-hetero) is 1. The summed E-state index contributed by atoms with van der Waals surface area (Å²) in [6.45, 7) is 0. The molecule has 2 aromatic rings. The molecule has 3 rings (SSSR count). The third-order valence-electron chi connectivity index (χ3n) is 3.38. The second kappa shape index (κ2) is 4.49. The van der Waals surface area contributed by atoms with Crippen LogP contribution in [-0.4, -0.2) is 44.5 Å². The first-order valence-corrected chi connectivity index (χ1v) is 5.93. The van der Waals surface area contributed by atoms with E-state index in [2.05, 4.69) is 20.6 Å². The summed E-state index contributed by atoms with van der Waals surface area (Å²) in [5.41, 5.74) is 1.11. The number of aliphatic hydroxyl groups excluding tert-OH is 1. The van der Waals surface area contributed by atoms with E-state index in [1.54, 1.807) is 31.3 Å². The maximum atomic E-state index is 12.3. The number of fused-ring (bicyclic) bond motifs is 1. The maximum absolute atomic E-state index is 12.3. The van der Waals surface area contributed by atoms with Crippen LogP contribution in [0.3, 0.4) is 0 Å². The number of nitrogens with one attached hydrogen (secondary N) is 1. The largest absolute Gasteiger partial charge is 0.387 e. The summed E-state index contributed by atoms with van der Waals surface area (Å²) < 4.78 is 0. The Balaban J connectivity index is 2.06. The number of para-hydroxylation sites is 1. The van der Waals surface area contributed by atoms with Crippen LogP contribution in [0.25, 0.3) is 0 Å². The summed E-state index contributed by atoms with van der Waals surface area (Å²) in [5, 5.41) is 22.9. The number of carbonyl (C=O) groups is 2. The standard InChI is InChI=1S/C12H11N5O3/c1-17-7-5-3-2-4-6(7)9(18)8(12(17)20)10(19)11-13-15-16-14-11/h2-5,8-9,18H,1H3,(H,13,14,15,16). The average molecular weight is 273 g/mol. The van der Waals surface area contributed by atoms with Gasteiger partial charge in [0.15, 0.2) is 0 Å². The van der Waals surface area contributed by atoms with Gasteiger partial charge in [-0.1, -0.05) is 18.2 Å². The van der Waals surface area contributed by atoms with Crippen molar-refractivity contribution in [1.82, 2.24) is 20.6 Å². The lowest BCUT2D eigenvalue weighted by Crippen LogP contribution is -2.45. The van der Waals surface area contributed by atoms with Crippen molar-refractivity contribution in [2.24, 2.45) is 5.92 Å². The molecular formula is C12H11N5O3. The molecule has 0 fully saturated rings. The van der Waals surface area contributed by atoms with Gasteiger partial charge >= 0.3 is 0 Å². The number of aromatic nitrogens is 4. The molecule has 0 radical (unpaired) electrons. The van der Waals surface area contributed by atoms with Crippen molar-refractivity contribution < 1.29 is 14.7 Å². The summed E-state index contributed by atoms with van der Waals surface area (Å²) in [7, 11) is 1.56. The topological polar surface area (TPSA) is 112 Å². The molecule has 2 N–H and O–H groups in total. The van der Waals surface area contributed by atoms with E-state index in [1.165, 1.54) is 4.90 Å². The second-order valence-corrected chi connectivity index (χ2v) is 4.48. The molecule has 1 aliphatic heterocycles. The highest BCUT2D eigenvalue weighted by Gasteiger charge is 2.44. The Morgan fingerprint density at radius 2 is 2.15 bits per heavy atom. The number of aromatic amines is 1. The lowest BCUT2D eigenvalue weighted by Gasteiger charge is -2.33. The van der Waals surface area contributed by atoms with Crippen LogP contribution in [-0.2, 0) is 4.79 Å². The van der Waals surface area contributed by atoms with Crippen molar-refractivity contribution in [2.45, 2.75) is 6.10 Å². The van der Waals surface area contributed by atoms with Crippen LogP contribution in [0.2, 0.25) is 0 Å². The normalized spacial score (nSPS) is 21.7. The molecule has 0 aliphatic carbocycles. The Hall–Kier alpha value is -2.61. The zero-order valence-corrected chi connectivity index (χ0v) is 10.5. The number of aliphatic hydroxyl groups is 1. The van der Waals surface area contributed by atoms with Crippen molar-refractivity contribution >= 4 is 17.4 Å². The highest BCUT2D eigenvalue weighted by molar-refractivity contribution is 6.15. The van der Waals surface area contributed by atoms with E-state index >= 15 is 0 Å². The molecule has 2 unspecified atom stereocenters. The third kappa shape index (κ3) is 1.69. The predicted molar refractivity (Wildman–Crippen MR) is 66.8 cm³/mol. The Morgan fingerprint density at radius 1 is 1.40 bits per heavy atom. The van der Waals surface area contributed by atoms with E-state index in [9.17, 15) is 14.7 Å². The molecule has 8 nitrogen and oxygen atoms in total. The van der Waals surface area contributed by atoms with Gasteiger partial charge in [0.2, 0.25) is 17.5 Å². The first-order valence-electron chi connectivity index (χ1n) is 5.93. The van der Waals surface area contributed by atoms with Crippen LogP contribution < -0.4 is 4.90 Å². The van der Waals surface area contributed by atoms with Crippen molar-refractivity contribution in [3.05, 3.63) is 35.7 Å². The van der Waals surface area contributed by atoms with Crippen molar-refractivity contribution in [1.29, 1.82) is 0 Å². The van der Waals surface area contributed by atoms with Gasteiger partial charge in [-0.3, -0.25) is 9.59 Å². The molecule has 2 atom stereocenters. The quantitative estimate of drug-likeness (QED) is 0.574. The number of hydrogen-bond donors (Lipinski definition) is 2. The van der Waals surface area contributed by atoms with Gasteiger partial charge in [0, 0.05) is 18.3 Å². The number of amides is 1. The average Bonchev–Trinajstić information content (AvgIpc) is 2.99. The molecule has 8 heteroatoms. The van der Waals surface area contributed by atoms with Crippen LogP contribution >= 0.6 is 0 Å². The van der Waals surface area contributed by atoms with Gasteiger partial charge in [0.25, 0.3) is 0 Å². The number of nitrogens with zero attached hydrogens (tertiary/aromatic N) is 4. The van der Waals surface area contributed by atoms with Gasteiger partial charge in [0.05, 0.1) is 0 Å². The Kier molecular flexibility index (Phi) is 2.79. The van der Waals surface area contributed by atoms with Crippen molar-refractivity contribution in [2.75, 3.05) is 11.9 Å². The lowest BCUT2D eigenvalue weighted by molar-refractivity contribution is -0.124. The number of carbonyl (C=O) groups excluding carboxylic acids is 2. The predicted octanol–water partition coefficient (Wildman–Crippen LogP) is -0.291. The van der Waals surface area contributed by atoms with Crippen LogP contribution in [0.5, 0.6) is 0 Å². The molecule has 0 saturated carbocycles. The molecular weight excluding hydrogens is 262 g/mol. The number of rotatable bonds is 2. The zero-order valence-electron chi connectivity index (χ0n) is 10.5. The number of benzene rings is 1. The van der Waals surface area contributed by atoms with E-state index in [1.807, 2.05) is 0 Å². The molecule has 102 valence electrons. The van der Waals surface area contributed by atoms with Crippen molar-refractivity contribution in [3.8, 4) is 0 Å². The first-order chi connectivity index (χ1) is 9.61. The number of tetrazole rings is 1. The third-order valence-corrected chi connectivity index (χ3v) is 3.38. The Bertz CT molecular complexity index is 669. The van der Waals surface area contributed by atoms with Crippen LogP contribution in [0.1, 0.15) is 22.3 Å². The number of H-pyrrole nitrogens is 1. The van der Waals surface area contributed by atoms with Crippen LogP contribution in [0.15, 0.2) is 24.3 Å². The molecule has 0 spiro atoms. The first kappa shape index (κ1) is 12.4. The Labute approximate surface area is 113 Å². The molecule has 0 bridgehead atoms. The molecule has 20 heavy (non-hydrogen) atoms. The molecule has 1 amide bonds. The lowest BCUT2D eigenvalue weighted by atomic mass is 9.85. The fourth-order valence-corrected chi connectivity index (χ4v) is 2.35. The summed E-state index contributed by atoms with van der Waals surface area (Å²) >= 11 is 0. The molecule has 0 saturated heterocycles. The Morgan fingerprint density at radius 3 is 2.85 bits per heavy atom. The molecule has 1 aromatic heterocycles. The van der Waals surface area contributed by atoms with E-state index < -0.39 is 23.7 Å². The minimum absolute atomic E-state index is 0.213. The summed E-state index contributed by atoms with van der Waals surface area (Å²) in [5.74, 6) is -2.62. The minimum atomic E-state index is -1.26. The van der Waals surface area contributed by atoms with Gasteiger partial charge in [-0.25, -0.2) is 0 Å². The smallest absolute Gasteiger partial charge is 0.241 e. The number of ketones is 1. The van der Waals surface area contributed by atoms with Gasteiger partial charge in [0.1, 0.15) is 12.0 Å². The summed E-state index contributed by atoms with van der Waals surface area (Å²) in [4.78, 5) is 25.9. The zero-order chi connectivity index (χ0) is 14.3. The highest BCUT2D eigenvalue weighted by atomic mass is 16.3. The highest BCUT2D eigenvalue weighted by Crippen LogP contribution is 2.37. The monoisotopic (exact) mass is 273 g/mol. The number of hydrogen-bond acceptors (Lipinski definition) is 6. The van der Waals surface area contributed by atoms with Gasteiger partial charge in [-0.05, 0) is 11.3 Å². The fraction of sp³-hybridized carbons (Fsp3) is 0.250. The van der Waals surface area contributed by atoms with E-state index in [0.29, 0.717) is 11.3 Å². The molecule has 1 aromatic carbocycles. The van der Waals surface area contributed by atoms with E-state index in [0.717, 1.165) is 0 Å². The van der Waals surface area contributed by atoms with Crippen LogP contribution in [0.4, 0.5) is 5.69 Å². The summed E-state index contributed by atoms with van der Waals surface area (Å²) in [6, 6.07) is 6.89. The van der Waals surface area contributed by atoms with Gasteiger partial charge in [-0.2, -0.15) is 5.21 Å². The van der Waals surface area contributed by atoms with E-state index in [4.69, 9.17) is 0 Å². The maximum Gasteiger partial charge on any atom is 0.241 e. The van der Waals surface area contributed by atoms with Crippen LogP contribution in [0, 0.1) is 5.92 Å². The molecule has 2 heterocycles. The minimum Gasteiger partial charge on any atom is -0.387 e. The second-order valence-electron chi connectivity index (χ2n) is 4.48. The molecule has 1 aliphatic rings. The summed E-state index contributed by atoms with van der Waals surface area (Å²) in [6.07, 6.45) is -1.22. The van der Waals surface area contributed by atoms with E-state index in [-0.39, 0.29) is 5.82 Å². The SMILES string of the molecule is CN1C(=O)C(C(=O)c2nn[nH]n2)C(O)c2ccccc21. The number of anilines is 1. The van der Waals surface area contributed by atoms with Crippen molar-refractivity contribution in [3.63, 3.8) is 0 Å².